The largest absolute Gasteiger partial charge is 0.238 e. The maximum absolute atomic E-state index is 10.6. The van der Waals surface area contributed by atoms with Gasteiger partial charge in [0.25, 0.3) is 0 Å². The van der Waals surface area contributed by atoms with Crippen molar-refractivity contribution in [3.63, 3.8) is 0 Å². The normalized spacial score (nSPS) is 14.0. The number of carbonyl (C=O) groups excluding carboxylic acids is 5. The summed E-state index contributed by atoms with van der Waals surface area (Å²) in [6.45, 7) is 1.33. The van der Waals surface area contributed by atoms with Crippen LogP contribution in [0.2, 0.25) is 0 Å². The fourth-order valence-electron chi connectivity index (χ4n) is 1.38. The van der Waals surface area contributed by atoms with Crippen LogP contribution in [0.1, 0.15) is 6.92 Å². The minimum atomic E-state index is -1.52. The first-order valence-electron chi connectivity index (χ1n) is 6.26. The number of rotatable bonds is 13. The maximum atomic E-state index is 10.6. The molecule has 0 amide bonds. The Hall–Kier alpha value is -2.05. The predicted molar refractivity (Wildman–Crippen MR) is 94.0 cm³/mol. The van der Waals surface area contributed by atoms with E-state index in [-0.39, 0.29) is 18.3 Å². The van der Waals surface area contributed by atoms with Gasteiger partial charge >= 0.3 is 0 Å². The molecule has 0 aliphatic carbocycles. The van der Waals surface area contributed by atoms with Crippen LogP contribution in [-0.2, 0) is 24.0 Å². The van der Waals surface area contributed by atoms with Gasteiger partial charge in [0.15, 0.2) is 0 Å². The molecule has 132 valence electrons. The molecule has 0 radical (unpaired) electrons. The van der Waals surface area contributed by atoms with Crippen molar-refractivity contribution in [3.8, 4) is 0 Å². The van der Waals surface area contributed by atoms with Gasteiger partial charge in [-0.15, -0.1) is 23.5 Å². The lowest BCUT2D eigenvalue weighted by Crippen LogP contribution is -2.28. The Kier molecular flexibility index (Phi) is 13.1. The standard InChI is InChI=1S/C12H11N5O5S3/c1-12(16-6-21,17-7-22)25-10(2-13-3-18)11(23-8-14-4-19)24-9-15-5-20/h10-11H,2,8-9H2,1H3. The van der Waals surface area contributed by atoms with Crippen LogP contribution >= 0.6 is 35.3 Å². The summed E-state index contributed by atoms with van der Waals surface area (Å²) < 4.78 is -0.403. The Bertz CT molecular complexity index is 633. The zero-order valence-corrected chi connectivity index (χ0v) is 15.2. The fourth-order valence-corrected chi connectivity index (χ4v) is 5.10. The number of isocyanates is 5. The highest BCUT2D eigenvalue weighted by atomic mass is 32.2. The molecular formula is C12H11N5O5S3. The molecule has 0 heterocycles. The second-order valence-electron chi connectivity index (χ2n) is 3.89. The molecule has 0 aliphatic heterocycles. The number of hydrogen-bond acceptors (Lipinski definition) is 13. The molecule has 0 N–H and O–H groups in total. The summed E-state index contributed by atoms with van der Waals surface area (Å²) in [4.78, 5) is 67.8. The quantitative estimate of drug-likeness (QED) is 0.253. The van der Waals surface area contributed by atoms with E-state index >= 15 is 0 Å². The summed E-state index contributed by atoms with van der Waals surface area (Å²) in [5.74, 6) is 0.108. The van der Waals surface area contributed by atoms with Crippen molar-refractivity contribution < 1.29 is 24.0 Å². The molecule has 0 aliphatic rings. The Balaban J connectivity index is 5.54. The summed E-state index contributed by atoms with van der Waals surface area (Å²) in [6.07, 6.45) is 6.81. The molecule has 1 unspecified atom stereocenters. The topological polar surface area (TPSA) is 147 Å². The van der Waals surface area contributed by atoms with E-state index in [0.717, 1.165) is 11.8 Å². The van der Waals surface area contributed by atoms with E-state index in [4.69, 9.17) is 0 Å². The minimum absolute atomic E-state index is 0.0488. The van der Waals surface area contributed by atoms with Crippen LogP contribution in [0.3, 0.4) is 0 Å². The third kappa shape index (κ3) is 10.4. The first-order valence-corrected chi connectivity index (χ1v) is 9.24. The summed E-state index contributed by atoms with van der Waals surface area (Å²) in [7, 11) is 0. The van der Waals surface area contributed by atoms with Crippen LogP contribution in [0.25, 0.3) is 0 Å². The van der Waals surface area contributed by atoms with Gasteiger partial charge in [-0.1, -0.05) is 11.8 Å². The molecule has 0 spiro atoms. The monoisotopic (exact) mass is 401 g/mol. The van der Waals surface area contributed by atoms with Crippen molar-refractivity contribution in [2.45, 2.75) is 21.8 Å². The van der Waals surface area contributed by atoms with Crippen molar-refractivity contribution in [3.05, 3.63) is 0 Å². The third-order valence-electron chi connectivity index (χ3n) is 2.26. The van der Waals surface area contributed by atoms with Gasteiger partial charge < -0.3 is 0 Å². The van der Waals surface area contributed by atoms with E-state index in [2.05, 4.69) is 25.0 Å². The van der Waals surface area contributed by atoms with Gasteiger partial charge in [-0.2, -0.15) is 20.0 Å². The summed E-state index contributed by atoms with van der Waals surface area (Å²) in [6, 6.07) is 0. The Morgan fingerprint density at radius 1 is 0.800 bits per heavy atom. The molecule has 0 aromatic carbocycles. The van der Waals surface area contributed by atoms with Crippen LogP contribution in [0.4, 0.5) is 0 Å². The van der Waals surface area contributed by atoms with Crippen LogP contribution in [0, 0.1) is 0 Å². The van der Waals surface area contributed by atoms with Crippen LogP contribution in [0.15, 0.2) is 25.0 Å². The van der Waals surface area contributed by atoms with E-state index in [9.17, 15) is 24.0 Å². The van der Waals surface area contributed by atoms with Gasteiger partial charge in [-0.25, -0.2) is 29.0 Å². The average Bonchev–Trinajstić information content (AvgIpc) is 2.58. The van der Waals surface area contributed by atoms with Gasteiger partial charge in [0.2, 0.25) is 35.4 Å². The number of nitrogens with zero attached hydrogens (tertiary/aromatic N) is 5. The highest BCUT2D eigenvalue weighted by Crippen LogP contribution is 2.40. The van der Waals surface area contributed by atoms with Gasteiger partial charge in [0.05, 0.1) is 28.1 Å². The van der Waals surface area contributed by atoms with E-state index < -0.39 is 14.8 Å². The summed E-state index contributed by atoms with van der Waals surface area (Å²) in [5, 5.41) is -0.528. The molecule has 1 atom stereocenters. The lowest BCUT2D eigenvalue weighted by molar-refractivity contribution is 0.547. The summed E-state index contributed by atoms with van der Waals surface area (Å²) in [5.41, 5.74) is 0. The van der Waals surface area contributed by atoms with Crippen molar-refractivity contribution in [1.29, 1.82) is 0 Å². The molecule has 0 aromatic heterocycles. The average molecular weight is 401 g/mol. The van der Waals surface area contributed by atoms with Crippen molar-refractivity contribution in [2.24, 2.45) is 25.0 Å². The molecule has 0 saturated carbocycles. The highest BCUT2D eigenvalue weighted by molar-refractivity contribution is 8.18. The first kappa shape index (κ1) is 22.9. The van der Waals surface area contributed by atoms with Gasteiger partial charge in [0, 0.05) is 0 Å². The Labute approximate surface area is 154 Å². The second-order valence-corrected chi connectivity index (χ2v) is 8.00. The van der Waals surface area contributed by atoms with E-state index in [1.807, 2.05) is 0 Å². The van der Waals surface area contributed by atoms with Crippen LogP contribution < -0.4 is 0 Å². The molecular weight excluding hydrogens is 390 g/mol. The molecule has 0 rings (SSSR count). The SMILES string of the molecule is CC(N=C=O)(N=C=O)SC(CN=C=O)C(SCN=C=O)SCN=C=O. The fraction of sp³-hybridized carbons (Fsp3) is 0.583. The van der Waals surface area contributed by atoms with E-state index in [1.54, 1.807) is 0 Å². The van der Waals surface area contributed by atoms with Gasteiger partial charge in [0.1, 0.15) is 0 Å². The molecule has 0 fully saturated rings. The van der Waals surface area contributed by atoms with Crippen LogP contribution in [-0.4, -0.2) is 63.5 Å². The number of hydrogen-bond donors (Lipinski definition) is 0. The number of thioether (sulfide) groups is 3. The maximum Gasteiger partial charge on any atom is 0.238 e. The van der Waals surface area contributed by atoms with Crippen molar-refractivity contribution >= 4 is 65.7 Å². The van der Waals surface area contributed by atoms with Crippen LogP contribution in [0.5, 0.6) is 0 Å². The lowest BCUT2D eigenvalue weighted by atomic mass is 10.5. The summed E-state index contributed by atoms with van der Waals surface area (Å²) >= 11 is 3.32. The second kappa shape index (κ2) is 14.3. The molecule has 0 bridgehead atoms. The van der Waals surface area contributed by atoms with Gasteiger partial charge in [-0.05, 0) is 6.92 Å². The first-order chi connectivity index (χ1) is 12.1. The highest BCUT2D eigenvalue weighted by Gasteiger charge is 2.33. The molecule has 25 heavy (non-hydrogen) atoms. The molecule has 13 heteroatoms. The van der Waals surface area contributed by atoms with Gasteiger partial charge in [-0.3, -0.25) is 0 Å². The van der Waals surface area contributed by atoms with Crippen molar-refractivity contribution in [1.82, 2.24) is 0 Å². The molecule has 0 saturated heterocycles. The van der Waals surface area contributed by atoms with E-state index in [0.29, 0.717) is 0 Å². The minimum Gasteiger partial charge on any atom is -0.211 e. The lowest BCUT2D eigenvalue weighted by Gasteiger charge is -2.27. The molecule has 0 aromatic rings. The Morgan fingerprint density at radius 3 is 1.68 bits per heavy atom. The van der Waals surface area contributed by atoms with Crippen molar-refractivity contribution in [2.75, 3.05) is 18.3 Å². The Morgan fingerprint density at radius 2 is 1.28 bits per heavy atom. The zero-order chi connectivity index (χ0) is 19.0. The zero-order valence-electron chi connectivity index (χ0n) is 12.8. The smallest absolute Gasteiger partial charge is 0.211 e. The number of aliphatic imine (C=N–C) groups is 5. The van der Waals surface area contributed by atoms with E-state index in [1.165, 1.54) is 60.8 Å². The third-order valence-corrected chi connectivity index (χ3v) is 6.64. The molecule has 10 nitrogen and oxygen atoms in total. The predicted octanol–water partition coefficient (Wildman–Crippen LogP) is 1.15.